The second-order valence-corrected chi connectivity index (χ2v) is 5.77. The second-order valence-electron chi connectivity index (χ2n) is 5.77. The summed E-state index contributed by atoms with van der Waals surface area (Å²) in [5.41, 5.74) is 0. The van der Waals surface area contributed by atoms with Gasteiger partial charge in [0.25, 0.3) is 0 Å². The van der Waals surface area contributed by atoms with Crippen LogP contribution in [0.4, 0.5) is 0 Å². The molecule has 0 aromatic carbocycles. The minimum absolute atomic E-state index is 0.605. The van der Waals surface area contributed by atoms with E-state index in [0.29, 0.717) is 5.92 Å². The van der Waals surface area contributed by atoms with E-state index in [0.717, 1.165) is 17.8 Å². The Labute approximate surface area is 97.8 Å². The van der Waals surface area contributed by atoms with Gasteiger partial charge in [-0.2, -0.15) is 0 Å². The largest absolute Gasteiger partial charge is 0.0625 e. The molecule has 0 aromatic heterocycles. The van der Waals surface area contributed by atoms with Crippen LogP contribution in [0.1, 0.15) is 60.3 Å². The summed E-state index contributed by atoms with van der Waals surface area (Å²) in [6.07, 6.45) is 7.58. The molecule has 0 saturated carbocycles. The minimum Gasteiger partial charge on any atom is -0.0625 e. The van der Waals surface area contributed by atoms with Crippen molar-refractivity contribution in [3.05, 3.63) is 13.3 Å². The van der Waals surface area contributed by atoms with Crippen LogP contribution in [0, 0.1) is 37.0 Å². The molecule has 15 heavy (non-hydrogen) atoms. The summed E-state index contributed by atoms with van der Waals surface area (Å²) in [6.45, 7) is 15.6. The molecule has 0 bridgehead atoms. The third kappa shape index (κ3) is 8.96. The van der Waals surface area contributed by atoms with Crippen molar-refractivity contribution < 1.29 is 0 Å². The smallest absolute Gasteiger partial charge is 0.0414 e. The first kappa shape index (κ1) is 15.0. The van der Waals surface area contributed by atoms with Gasteiger partial charge in [-0.3, -0.25) is 0 Å². The standard InChI is InChI=1S/C15H30/c1-7-8-13(4)10-15(6)11-14(5)9-12(2)3/h7,12-15H,2,8-11H2,1,3-6H3. The van der Waals surface area contributed by atoms with Gasteiger partial charge in [-0.05, 0) is 55.8 Å². The van der Waals surface area contributed by atoms with Gasteiger partial charge in [-0.25, -0.2) is 0 Å². The van der Waals surface area contributed by atoms with Crippen molar-refractivity contribution in [1.29, 1.82) is 0 Å². The Morgan fingerprint density at radius 3 is 1.80 bits per heavy atom. The summed E-state index contributed by atoms with van der Waals surface area (Å²) >= 11 is 0. The lowest BCUT2D eigenvalue weighted by atomic mass is 9.85. The van der Waals surface area contributed by atoms with E-state index in [1.54, 1.807) is 0 Å². The molecular formula is C15H30. The van der Waals surface area contributed by atoms with Crippen LogP contribution in [0.3, 0.4) is 0 Å². The van der Waals surface area contributed by atoms with Gasteiger partial charge >= 0.3 is 0 Å². The Morgan fingerprint density at radius 2 is 1.33 bits per heavy atom. The molecule has 2 radical (unpaired) electrons. The normalized spacial score (nSPS) is 17.8. The van der Waals surface area contributed by atoms with Gasteiger partial charge in [0.1, 0.15) is 0 Å². The van der Waals surface area contributed by atoms with Crippen LogP contribution in [-0.2, 0) is 0 Å². The third-order valence-corrected chi connectivity index (χ3v) is 3.05. The lowest BCUT2D eigenvalue weighted by Gasteiger charge is -2.21. The fraction of sp³-hybridized carbons (Fsp3) is 0.867. The molecule has 0 aliphatic rings. The molecule has 0 amide bonds. The Bertz CT molecular complexity index is 137. The van der Waals surface area contributed by atoms with Crippen molar-refractivity contribution in [2.24, 2.45) is 23.7 Å². The molecule has 0 rings (SSSR count). The molecular weight excluding hydrogens is 180 g/mol. The molecule has 0 saturated heterocycles. The van der Waals surface area contributed by atoms with E-state index in [4.69, 9.17) is 0 Å². The van der Waals surface area contributed by atoms with Crippen molar-refractivity contribution in [3.8, 4) is 0 Å². The Kier molecular flexibility index (Phi) is 8.19. The van der Waals surface area contributed by atoms with Crippen molar-refractivity contribution >= 4 is 0 Å². The number of hydrogen-bond acceptors (Lipinski definition) is 0. The SMILES string of the molecule is [CH2]C(C)CC(C)CC(C)CC(C)C[CH]C. The first-order chi connectivity index (χ1) is 6.95. The first-order valence-electron chi connectivity index (χ1n) is 6.56. The van der Waals surface area contributed by atoms with Crippen LogP contribution in [0.15, 0.2) is 0 Å². The fourth-order valence-electron chi connectivity index (χ4n) is 2.75. The third-order valence-electron chi connectivity index (χ3n) is 3.05. The highest BCUT2D eigenvalue weighted by molar-refractivity contribution is 4.69. The number of hydrogen-bond donors (Lipinski definition) is 0. The average molecular weight is 210 g/mol. The molecule has 0 nitrogen and oxygen atoms in total. The van der Waals surface area contributed by atoms with Crippen LogP contribution < -0.4 is 0 Å². The van der Waals surface area contributed by atoms with Crippen LogP contribution >= 0.6 is 0 Å². The highest BCUT2D eigenvalue weighted by Crippen LogP contribution is 2.25. The van der Waals surface area contributed by atoms with Gasteiger partial charge in [0.05, 0.1) is 0 Å². The molecule has 0 aliphatic carbocycles. The fourth-order valence-corrected chi connectivity index (χ4v) is 2.75. The lowest BCUT2D eigenvalue weighted by Crippen LogP contribution is -2.09. The van der Waals surface area contributed by atoms with Crippen molar-refractivity contribution in [2.75, 3.05) is 0 Å². The summed E-state index contributed by atoms with van der Waals surface area (Å²) < 4.78 is 0. The Balaban J connectivity index is 3.67. The van der Waals surface area contributed by atoms with Gasteiger partial charge < -0.3 is 0 Å². The van der Waals surface area contributed by atoms with E-state index in [2.05, 4.69) is 48.0 Å². The monoisotopic (exact) mass is 210 g/mol. The predicted octanol–water partition coefficient (Wildman–Crippen LogP) is 5.15. The number of rotatable bonds is 8. The van der Waals surface area contributed by atoms with Crippen LogP contribution in [0.25, 0.3) is 0 Å². The molecule has 90 valence electrons. The van der Waals surface area contributed by atoms with Crippen LogP contribution in [0.5, 0.6) is 0 Å². The van der Waals surface area contributed by atoms with Gasteiger partial charge in [-0.15, -0.1) is 0 Å². The van der Waals surface area contributed by atoms with Gasteiger partial charge in [0.15, 0.2) is 0 Å². The average Bonchev–Trinajstić information content (AvgIpc) is 2.00. The maximum atomic E-state index is 4.07. The van der Waals surface area contributed by atoms with E-state index < -0.39 is 0 Å². The van der Waals surface area contributed by atoms with E-state index in [-0.39, 0.29) is 0 Å². The maximum Gasteiger partial charge on any atom is -0.0414 e. The molecule has 4 atom stereocenters. The molecule has 0 aliphatic heterocycles. The Hall–Kier alpha value is 0. The second kappa shape index (κ2) is 8.19. The molecule has 0 N–H and O–H groups in total. The van der Waals surface area contributed by atoms with E-state index in [9.17, 15) is 0 Å². The summed E-state index contributed by atoms with van der Waals surface area (Å²) in [7, 11) is 0. The van der Waals surface area contributed by atoms with Gasteiger partial charge in [0, 0.05) is 0 Å². The summed E-state index contributed by atoms with van der Waals surface area (Å²) in [4.78, 5) is 0. The molecule has 0 heteroatoms. The summed E-state index contributed by atoms with van der Waals surface area (Å²) in [6, 6.07) is 0. The molecule has 0 spiro atoms. The highest BCUT2D eigenvalue weighted by atomic mass is 14.2. The van der Waals surface area contributed by atoms with Crippen LogP contribution in [-0.4, -0.2) is 0 Å². The minimum atomic E-state index is 0.605. The summed E-state index contributed by atoms with van der Waals surface area (Å²) in [5, 5.41) is 0. The van der Waals surface area contributed by atoms with E-state index in [1.807, 2.05) is 0 Å². The molecule has 4 unspecified atom stereocenters. The molecule has 0 fully saturated rings. The van der Waals surface area contributed by atoms with E-state index >= 15 is 0 Å². The van der Waals surface area contributed by atoms with E-state index in [1.165, 1.54) is 25.7 Å². The van der Waals surface area contributed by atoms with Crippen molar-refractivity contribution in [2.45, 2.75) is 60.3 Å². The van der Waals surface area contributed by atoms with Crippen molar-refractivity contribution in [3.63, 3.8) is 0 Å². The topological polar surface area (TPSA) is 0 Å². The molecule has 0 heterocycles. The predicted molar refractivity (Wildman–Crippen MR) is 70.5 cm³/mol. The summed E-state index contributed by atoms with van der Waals surface area (Å²) in [5.74, 6) is 3.17. The highest BCUT2D eigenvalue weighted by Gasteiger charge is 2.13. The lowest BCUT2D eigenvalue weighted by molar-refractivity contribution is 0.318. The maximum absolute atomic E-state index is 4.07. The van der Waals surface area contributed by atoms with Crippen molar-refractivity contribution in [1.82, 2.24) is 0 Å². The zero-order valence-electron chi connectivity index (χ0n) is 11.4. The van der Waals surface area contributed by atoms with Gasteiger partial charge in [-0.1, -0.05) is 41.5 Å². The zero-order valence-corrected chi connectivity index (χ0v) is 11.4. The van der Waals surface area contributed by atoms with Gasteiger partial charge in [0.2, 0.25) is 0 Å². The quantitative estimate of drug-likeness (QED) is 0.520. The van der Waals surface area contributed by atoms with Crippen LogP contribution in [0.2, 0.25) is 0 Å². The first-order valence-corrected chi connectivity index (χ1v) is 6.56. The zero-order chi connectivity index (χ0) is 11.8. The Morgan fingerprint density at radius 1 is 0.867 bits per heavy atom. The molecule has 0 aromatic rings.